The van der Waals surface area contributed by atoms with Crippen molar-refractivity contribution in [3.63, 3.8) is 0 Å². The number of H-pyrrole nitrogens is 1. The van der Waals surface area contributed by atoms with E-state index in [1.807, 2.05) is 0 Å². The summed E-state index contributed by atoms with van der Waals surface area (Å²) in [7, 11) is -9.47. The molecule has 0 aliphatic carbocycles. The molecule has 0 aromatic carbocycles. The fourth-order valence-corrected chi connectivity index (χ4v) is 4.14. The van der Waals surface area contributed by atoms with Crippen LogP contribution >= 0.6 is 40.2 Å². The Morgan fingerprint density at radius 1 is 1.38 bits per heavy atom. The van der Waals surface area contributed by atoms with Gasteiger partial charge in [-0.2, -0.15) is 24.5 Å². The third-order valence-corrected chi connectivity index (χ3v) is 5.76. The summed E-state index contributed by atoms with van der Waals surface area (Å²) in [5.74, 6) is 0. The maximum Gasteiger partial charge on any atom is 0.620 e. The highest BCUT2D eigenvalue weighted by Crippen LogP contribution is 2.67. The zero-order chi connectivity index (χ0) is 18.1. The van der Waals surface area contributed by atoms with E-state index in [1.165, 1.54) is 10.8 Å². The number of halogens is 1. The fourth-order valence-electron chi connectivity index (χ4n) is 2.04. The number of aromatic amines is 1. The van der Waals surface area contributed by atoms with Gasteiger partial charge in [0.15, 0.2) is 4.77 Å². The Morgan fingerprint density at radius 3 is 2.67 bits per heavy atom. The standard InChI is InChI=1S/C9H14ClN2O9P2S/c10-6-3-12(9(24)11-8(6)13)7-2-1-5(20-7)4-19-23(17,18)21-22(14,15)16/h3,5,7,14-18H,1-2,4H2/q+1/p+1. The molecule has 1 aliphatic heterocycles. The third-order valence-electron chi connectivity index (χ3n) is 2.96. The van der Waals surface area contributed by atoms with Gasteiger partial charge in [0.05, 0.1) is 10.4 Å². The van der Waals surface area contributed by atoms with Gasteiger partial charge in [0.2, 0.25) is 0 Å². The Morgan fingerprint density at radius 2 is 2.04 bits per heavy atom. The minimum Gasteiger partial charge on any atom is -0.352 e. The van der Waals surface area contributed by atoms with Crippen molar-refractivity contribution in [2.24, 2.45) is 0 Å². The lowest BCUT2D eigenvalue weighted by molar-refractivity contribution is -0.0266. The smallest absolute Gasteiger partial charge is 0.352 e. The lowest BCUT2D eigenvalue weighted by atomic mass is 10.2. The number of ether oxygens (including phenoxy) is 1. The normalized spacial score (nSPS) is 22.1. The quantitative estimate of drug-likeness (QED) is 0.281. The lowest BCUT2D eigenvalue weighted by Gasteiger charge is -2.16. The number of nitrogens with zero attached hydrogens (tertiary/aromatic N) is 1. The molecular formula is C9H15ClN2O9P2S+2. The van der Waals surface area contributed by atoms with Crippen LogP contribution in [0.15, 0.2) is 11.0 Å². The number of hydrogen-bond acceptors (Lipinski definition) is 10. The SMILES string of the molecule is O=c1[nH]c(=S)n(C2CCC(CO[P+](O)(O)O[P+](O)(O)O)O2)cc1Cl. The molecule has 1 aromatic heterocycles. The van der Waals surface area contributed by atoms with Gasteiger partial charge in [-0.15, -0.1) is 4.52 Å². The van der Waals surface area contributed by atoms with Crippen molar-refractivity contribution in [1.82, 2.24) is 9.55 Å². The zero-order valence-corrected chi connectivity index (χ0v) is 15.2. The molecule has 24 heavy (non-hydrogen) atoms. The first-order valence-electron chi connectivity index (χ1n) is 6.41. The van der Waals surface area contributed by atoms with Gasteiger partial charge >= 0.3 is 16.3 Å². The highest BCUT2D eigenvalue weighted by Gasteiger charge is 2.58. The second kappa shape index (κ2) is 7.67. The molecular weight excluding hydrogens is 410 g/mol. The summed E-state index contributed by atoms with van der Waals surface area (Å²) in [6.45, 7) is -0.346. The average molecular weight is 425 g/mol. The second-order valence-electron chi connectivity index (χ2n) is 4.81. The largest absolute Gasteiger partial charge is 0.620 e. The summed E-state index contributed by atoms with van der Waals surface area (Å²) in [6, 6.07) is 0. The molecule has 1 aromatic rings. The summed E-state index contributed by atoms with van der Waals surface area (Å²) < 4.78 is 15.7. The molecule has 2 atom stereocenters. The number of aromatic nitrogens is 2. The molecule has 136 valence electrons. The van der Waals surface area contributed by atoms with Gasteiger partial charge in [-0.1, -0.05) is 11.6 Å². The molecule has 2 rings (SSSR count). The molecule has 0 bridgehead atoms. The summed E-state index contributed by atoms with van der Waals surface area (Å²) in [5.41, 5.74) is -0.521. The van der Waals surface area contributed by atoms with Crippen LogP contribution in [0.4, 0.5) is 0 Å². The summed E-state index contributed by atoms with van der Waals surface area (Å²) >= 11 is 10.8. The lowest BCUT2D eigenvalue weighted by Crippen LogP contribution is -2.20. The van der Waals surface area contributed by atoms with Crippen LogP contribution in [0.25, 0.3) is 0 Å². The topological polar surface area (TPSA) is 167 Å². The molecule has 2 heterocycles. The molecule has 0 radical (unpaired) electrons. The van der Waals surface area contributed by atoms with Gasteiger partial charge in [0, 0.05) is 6.20 Å². The van der Waals surface area contributed by atoms with Crippen LogP contribution in [-0.4, -0.2) is 46.7 Å². The predicted molar refractivity (Wildman–Crippen MR) is 86.0 cm³/mol. The van der Waals surface area contributed by atoms with E-state index in [9.17, 15) is 14.6 Å². The van der Waals surface area contributed by atoms with E-state index in [0.717, 1.165) is 0 Å². The van der Waals surface area contributed by atoms with E-state index in [-0.39, 0.29) is 16.4 Å². The minimum atomic E-state index is -4.86. The maximum atomic E-state index is 11.3. The molecule has 6 N–H and O–H groups in total. The first-order valence-corrected chi connectivity index (χ1v) is 10.3. The number of nitrogens with one attached hydrogen (secondary N) is 1. The van der Waals surface area contributed by atoms with Gasteiger partial charge in [0.25, 0.3) is 5.56 Å². The van der Waals surface area contributed by atoms with Crippen LogP contribution in [0, 0.1) is 4.77 Å². The highest BCUT2D eigenvalue weighted by atomic mass is 35.5. The van der Waals surface area contributed by atoms with E-state index in [4.69, 9.17) is 43.2 Å². The summed E-state index contributed by atoms with van der Waals surface area (Å²) in [4.78, 5) is 58.4. The monoisotopic (exact) mass is 424 g/mol. The Hall–Kier alpha value is -0.0700. The predicted octanol–water partition coefficient (Wildman–Crippen LogP) is 0.587. The van der Waals surface area contributed by atoms with E-state index < -0.39 is 34.2 Å². The van der Waals surface area contributed by atoms with Gasteiger partial charge in [-0.05, 0) is 25.1 Å². The zero-order valence-electron chi connectivity index (χ0n) is 11.9. The molecule has 1 fully saturated rings. The van der Waals surface area contributed by atoms with Gasteiger partial charge in [-0.25, -0.2) is 0 Å². The Labute approximate surface area is 146 Å². The molecule has 1 aliphatic rings. The molecule has 15 heteroatoms. The van der Waals surface area contributed by atoms with Crippen molar-refractivity contribution in [3.05, 3.63) is 26.3 Å². The maximum absolute atomic E-state index is 11.3. The van der Waals surface area contributed by atoms with E-state index >= 15 is 0 Å². The number of hydrogen-bond donors (Lipinski definition) is 6. The van der Waals surface area contributed by atoms with Crippen molar-refractivity contribution < 1.29 is 38.0 Å². The number of rotatable bonds is 6. The molecule has 0 saturated carbocycles. The highest BCUT2D eigenvalue weighted by molar-refractivity contribution is 7.71. The summed E-state index contributed by atoms with van der Waals surface area (Å²) in [6.07, 6.45) is 1.11. The summed E-state index contributed by atoms with van der Waals surface area (Å²) in [5, 5.41) is -0.0647. The van der Waals surface area contributed by atoms with Gasteiger partial charge in [0.1, 0.15) is 17.9 Å². The first kappa shape index (κ1) is 20.2. The van der Waals surface area contributed by atoms with Crippen molar-refractivity contribution in [1.29, 1.82) is 0 Å². The molecule has 1 saturated heterocycles. The van der Waals surface area contributed by atoms with Crippen LogP contribution in [0.3, 0.4) is 0 Å². The Bertz CT molecular complexity index is 705. The molecule has 2 unspecified atom stereocenters. The van der Waals surface area contributed by atoms with Gasteiger partial charge in [-0.3, -0.25) is 14.3 Å². The van der Waals surface area contributed by atoms with E-state index in [0.29, 0.717) is 12.8 Å². The fraction of sp³-hybridized carbons (Fsp3) is 0.556. The van der Waals surface area contributed by atoms with Crippen LogP contribution in [0.1, 0.15) is 19.1 Å². The van der Waals surface area contributed by atoms with Crippen molar-refractivity contribution in [2.45, 2.75) is 25.2 Å². The average Bonchev–Trinajstić information content (AvgIpc) is 2.87. The van der Waals surface area contributed by atoms with Crippen molar-refractivity contribution >= 4 is 40.2 Å². The van der Waals surface area contributed by atoms with Crippen LogP contribution in [-0.2, 0) is 13.6 Å². The molecule has 0 spiro atoms. The van der Waals surface area contributed by atoms with Crippen LogP contribution in [0.2, 0.25) is 5.02 Å². The second-order valence-corrected chi connectivity index (χ2v) is 8.53. The molecule has 0 amide bonds. The van der Waals surface area contributed by atoms with Crippen molar-refractivity contribution in [3.8, 4) is 0 Å². The Balaban J connectivity index is 1.95. The minimum absolute atomic E-state index is 0.0647. The Kier molecular flexibility index (Phi) is 6.47. The molecule has 11 nitrogen and oxygen atoms in total. The first-order chi connectivity index (χ1) is 11.0. The van der Waals surface area contributed by atoms with Crippen molar-refractivity contribution in [2.75, 3.05) is 6.61 Å². The van der Waals surface area contributed by atoms with Crippen LogP contribution < -0.4 is 5.56 Å². The van der Waals surface area contributed by atoms with E-state index in [1.54, 1.807) is 0 Å². The third kappa shape index (κ3) is 5.73. The van der Waals surface area contributed by atoms with Gasteiger partial charge < -0.3 is 4.74 Å². The van der Waals surface area contributed by atoms with E-state index in [2.05, 4.69) is 13.8 Å². The van der Waals surface area contributed by atoms with Crippen LogP contribution in [0.5, 0.6) is 0 Å².